The minimum Gasteiger partial charge on any atom is -0.328 e. The van der Waals surface area contributed by atoms with Crippen LogP contribution in [0.5, 0.6) is 0 Å². The number of imidazole rings is 1. The molecule has 2 aromatic rings. The summed E-state index contributed by atoms with van der Waals surface area (Å²) in [7, 11) is 0. The molecule has 0 spiro atoms. The first-order valence-corrected chi connectivity index (χ1v) is 6.18. The zero-order valence-corrected chi connectivity index (χ0v) is 11.0. The molecule has 2 rings (SSSR count). The number of hydrogen-bond donors (Lipinski definition) is 0. The van der Waals surface area contributed by atoms with E-state index in [0.29, 0.717) is 11.4 Å². The van der Waals surface area contributed by atoms with Crippen LogP contribution in [0.3, 0.4) is 0 Å². The molecule has 0 aliphatic heterocycles. The van der Waals surface area contributed by atoms with Crippen molar-refractivity contribution < 1.29 is 4.79 Å². The number of hydrogen-bond acceptors (Lipinski definition) is 3. The third kappa shape index (κ3) is 2.61. The van der Waals surface area contributed by atoms with Gasteiger partial charge < -0.3 is 4.57 Å². The third-order valence-electron chi connectivity index (χ3n) is 2.35. The molecule has 0 N–H and O–H groups in total. The van der Waals surface area contributed by atoms with Gasteiger partial charge in [-0.05, 0) is 28.4 Å². The SMILES string of the molecule is CCCn1ccnc1C(=O)c1cncc(Br)c1. The van der Waals surface area contributed by atoms with Crippen LogP contribution in [0.1, 0.15) is 29.5 Å². The highest BCUT2D eigenvalue weighted by molar-refractivity contribution is 9.10. The molecule has 88 valence electrons. The van der Waals surface area contributed by atoms with E-state index in [1.165, 1.54) is 0 Å². The number of aromatic nitrogens is 3. The second-order valence-electron chi connectivity index (χ2n) is 3.67. The fourth-order valence-corrected chi connectivity index (χ4v) is 1.97. The van der Waals surface area contributed by atoms with Crippen molar-refractivity contribution in [1.29, 1.82) is 0 Å². The van der Waals surface area contributed by atoms with Gasteiger partial charge in [-0.1, -0.05) is 6.92 Å². The highest BCUT2D eigenvalue weighted by atomic mass is 79.9. The average Bonchev–Trinajstić information content (AvgIpc) is 2.77. The monoisotopic (exact) mass is 293 g/mol. The fourth-order valence-electron chi connectivity index (χ4n) is 1.60. The topological polar surface area (TPSA) is 47.8 Å². The van der Waals surface area contributed by atoms with Crippen molar-refractivity contribution in [2.24, 2.45) is 0 Å². The third-order valence-corrected chi connectivity index (χ3v) is 2.78. The smallest absolute Gasteiger partial charge is 0.230 e. The van der Waals surface area contributed by atoms with Gasteiger partial charge in [-0.3, -0.25) is 9.78 Å². The summed E-state index contributed by atoms with van der Waals surface area (Å²) in [6, 6.07) is 1.75. The second kappa shape index (κ2) is 5.23. The number of nitrogens with zero attached hydrogens (tertiary/aromatic N) is 3. The number of pyridine rings is 1. The predicted octanol–water partition coefficient (Wildman–Crippen LogP) is 2.68. The normalized spacial score (nSPS) is 10.5. The summed E-state index contributed by atoms with van der Waals surface area (Å²) >= 11 is 3.30. The summed E-state index contributed by atoms with van der Waals surface area (Å²) in [5.74, 6) is 0.365. The number of rotatable bonds is 4. The lowest BCUT2D eigenvalue weighted by Gasteiger charge is -2.05. The summed E-state index contributed by atoms with van der Waals surface area (Å²) in [6.45, 7) is 2.86. The molecule has 0 radical (unpaired) electrons. The van der Waals surface area contributed by atoms with Crippen molar-refractivity contribution in [3.63, 3.8) is 0 Å². The maximum absolute atomic E-state index is 12.2. The maximum Gasteiger partial charge on any atom is 0.230 e. The highest BCUT2D eigenvalue weighted by Crippen LogP contribution is 2.13. The predicted molar refractivity (Wildman–Crippen MR) is 67.9 cm³/mol. The van der Waals surface area contributed by atoms with Crippen molar-refractivity contribution in [2.75, 3.05) is 0 Å². The number of carbonyl (C=O) groups is 1. The van der Waals surface area contributed by atoms with Gasteiger partial charge in [-0.15, -0.1) is 0 Å². The molecule has 2 heterocycles. The molecule has 4 nitrogen and oxygen atoms in total. The highest BCUT2D eigenvalue weighted by Gasteiger charge is 2.15. The Kier molecular flexibility index (Phi) is 3.68. The number of aryl methyl sites for hydroxylation is 1. The summed E-state index contributed by atoms with van der Waals surface area (Å²) in [5.41, 5.74) is 0.544. The van der Waals surface area contributed by atoms with Crippen molar-refractivity contribution in [3.8, 4) is 0 Å². The molecule has 0 aliphatic carbocycles. The van der Waals surface area contributed by atoms with Gasteiger partial charge in [-0.2, -0.15) is 0 Å². The molecule has 0 amide bonds. The Morgan fingerprint density at radius 3 is 3.00 bits per heavy atom. The maximum atomic E-state index is 12.2. The van der Waals surface area contributed by atoms with Crippen LogP contribution in [0, 0.1) is 0 Å². The largest absolute Gasteiger partial charge is 0.328 e. The molecule has 0 fully saturated rings. The quantitative estimate of drug-likeness (QED) is 0.815. The van der Waals surface area contributed by atoms with Crippen LogP contribution >= 0.6 is 15.9 Å². The van der Waals surface area contributed by atoms with Crippen LogP contribution < -0.4 is 0 Å². The molecule has 0 aliphatic rings. The van der Waals surface area contributed by atoms with E-state index in [0.717, 1.165) is 17.4 Å². The summed E-state index contributed by atoms with van der Waals surface area (Å²) < 4.78 is 2.65. The fraction of sp³-hybridized carbons (Fsp3) is 0.250. The van der Waals surface area contributed by atoms with Crippen molar-refractivity contribution in [3.05, 3.63) is 46.7 Å². The lowest BCUT2D eigenvalue weighted by molar-refractivity contribution is 0.102. The van der Waals surface area contributed by atoms with Crippen LogP contribution in [-0.4, -0.2) is 20.3 Å². The van der Waals surface area contributed by atoms with Gasteiger partial charge in [0, 0.05) is 41.4 Å². The Balaban J connectivity index is 2.33. The molecule has 0 bridgehead atoms. The van der Waals surface area contributed by atoms with Crippen molar-refractivity contribution in [2.45, 2.75) is 19.9 Å². The Bertz CT molecular complexity index is 536. The van der Waals surface area contributed by atoms with Gasteiger partial charge in [0.2, 0.25) is 5.78 Å². The molecule has 0 unspecified atom stereocenters. The lowest BCUT2D eigenvalue weighted by Crippen LogP contribution is -2.11. The van der Waals surface area contributed by atoms with Crippen LogP contribution in [-0.2, 0) is 6.54 Å². The molecule has 0 atom stereocenters. The Morgan fingerprint density at radius 2 is 2.29 bits per heavy atom. The Labute approximate surface area is 108 Å². The van der Waals surface area contributed by atoms with Crippen LogP contribution in [0.25, 0.3) is 0 Å². The van der Waals surface area contributed by atoms with Crippen LogP contribution in [0.2, 0.25) is 0 Å². The van der Waals surface area contributed by atoms with Crippen molar-refractivity contribution in [1.82, 2.24) is 14.5 Å². The molecular weight excluding hydrogens is 282 g/mol. The minimum absolute atomic E-state index is 0.0998. The minimum atomic E-state index is -0.0998. The van der Waals surface area contributed by atoms with E-state index in [1.807, 2.05) is 10.8 Å². The molecule has 2 aromatic heterocycles. The molecule has 17 heavy (non-hydrogen) atoms. The Morgan fingerprint density at radius 1 is 1.47 bits per heavy atom. The van der Waals surface area contributed by atoms with Gasteiger partial charge in [0.1, 0.15) is 0 Å². The summed E-state index contributed by atoms with van der Waals surface area (Å²) in [6.07, 6.45) is 7.64. The average molecular weight is 294 g/mol. The lowest BCUT2D eigenvalue weighted by atomic mass is 10.2. The van der Waals surface area contributed by atoms with Gasteiger partial charge in [0.25, 0.3) is 0 Å². The standard InChI is InChI=1S/C12H12BrN3O/c1-2-4-16-5-3-15-12(16)11(17)9-6-10(13)8-14-7-9/h3,5-8H,2,4H2,1H3. The van der Waals surface area contributed by atoms with Gasteiger partial charge in [0.15, 0.2) is 5.82 Å². The molecular formula is C12H12BrN3O. The molecule has 0 aromatic carbocycles. The van der Waals surface area contributed by atoms with Crippen LogP contribution in [0.15, 0.2) is 35.3 Å². The molecule has 5 heteroatoms. The number of carbonyl (C=O) groups excluding carboxylic acids is 1. The van der Waals surface area contributed by atoms with E-state index in [4.69, 9.17) is 0 Å². The first-order valence-electron chi connectivity index (χ1n) is 5.38. The first-order chi connectivity index (χ1) is 8.22. The number of halogens is 1. The summed E-state index contributed by atoms with van der Waals surface area (Å²) in [5, 5.41) is 0. The van der Waals surface area contributed by atoms with E-state index in [-0.39, 0.29) is 5.78 Å². The zero-order valence-electron chi connectivity index (χ0n) is 9.43. The van der Waals surface area contributed by atoms with Crippen molar-refractivity contribution >= 4 is 21.7 Å². The second-order valence-corrected chi connectivity index (χ2v) is 4.58. The number of ketones is 1. The van der Waals surface area contributed by atoms with Gasteiger partial charge >= 0.3 is 0 Å². The van der Waals surface area contributed by atoms with E-state index in [1.54, 1.807) is 24.7 Å². The van der Waals surface area contributed by atoms with E-state index < -0.39 is 0 Å². The van der Waals surface area contributed by atoms with Gasteiger partial charge in [0.05, 0.1) is 0 Å². The van der Waals surface area contributed by atoms with E-state index in [2.05, 4.69) is 32.8 Å². The van der Waals surface area contributed by atoms with Gasteiger partial charge in [-0.25, -0.2) is 4.98 Å². The zero-order chi connectivity index (χ0) is 12.3. The summed E-state index contributed by atoms with van der Waals surface area (Å²) in [4.78, 5) is 20.3. The van der Waals surface area contributed by atoms with E-state index >= 15 is 0 Å². The molecule has 0 saturated heterocycles. The molecule has 0 saturated carbocycles. The first kappa shape index (κ1) is 12.0. The van der Waals surface area contributed by atoms with Crippen LogP contribution in [0.4, 0.5) is 0 Å². The Hall–Kier alpha value is -1.49. The van der Waals surface area contributed by atoms with E-state index in [9.17, 15) is 4.79 Å².